The summed E-state index contributed by atoms with van der Waals surface area (Å²) in [6, 6.07) is 57.0. The average molecular weight is 626 g/mol. The molecule has 0 radical (unpaired) electrons. The number of hydrogen-bond donors (Lipinski definition) is 0. The first-order chi connectivity index (χ1) is 24.2. The second-order valence-electron chi connectivity index (χ2n) is 12.5. The van der Waals surface area contributed by atoms with Gasteiger partial charge in [-0.1, -0.05) is 133 Å². The molecule has 10 rings (SSSR count). The van der Waals surface area contributed by atoms with Crippen LogP contribution in [-0.4, -0.2) is 15.0 Å². The van der Waals surface area contributed by atoms with E-state index in [1.165, 1.54) is 21.5 Å². The van der Waals surface area contributed by atoms with E-state index in [1.807, 2.05) is 18.2 Å². The fourth-order valence-electron chi connectivity index (χ4n) is 7.06. The zero-order chi connectivity index (χ0) is 32.3. The third-order valence-electron chi connectivity index (χ3n) is 9.47. The monoisotopic (exact) mass is 625 g/mol. The first kappa shape index (κ1) is 27.5. The van der Waals surface area contributed by atoms with Crippen molar-refractivity contribution in [1.29, 1.82) is 0 Å². The Hall–Kier alpha value is -6.65. The molecule has 4 nitrogen and oxygen atoms in total. The predicted molar refractivity (Wildman–Crippen MR) is 201 cm³/mol. The molecule has 0 saturated carbocycles. The van der Waals surface area contributed by atoms with Gasteiger partial charge in [-0.15, -0.1) is 0 Å². The Balaban J connectivity index is 1.24. The van der Waals surface area contributed by atoms with Crippen molar-refractivity contribution in [2.24, 2.45) is 0 Å². The standard InChI is InChI=1S/C45H27N3O/c1-4-12-31-25-34(22-19-28(31)9-1)37-15-7-17-39-41(37)42-38(16-8-18-40(42)49-39)45-47-43(35-23-20-29-10-2-5-13-32(29)26-35)46-44(48-45)36-24-21-30-11-3-6-14-33(30)27-36/h1-27H. The van der Waals surface area contributed by atoms with Gasteiger partial charge in [-0.25, -0.2) is 15.0 Å². The summed E-state index contributed by atoms with van der Waals surface area (Å²) < 4.78 is 6.52. The van der Waals surface area contributed by atoms with Gasteiger partial charge >= 0.3 is 0 Å². The van der Waals surface area contributed by atoms with Gasteiger partial charge in [-0.05, 0) is 73.8 Å². The first-order valence-corrected chi connectivity index (χ1v) is 16.4. The largest absolute Gasteiger partial charge is 0.456 e. The van der Waals surface area contributed by atoms with Crippen LogP contribution in [0.3, 0.4) is 0 Å². The minimum atomic E-state index is 0.600. The second-order valence-corrected chi connectivity index (χ2v) is 12.5. The number of rotatable bonds is 4. The molecule has 2 aromatic heterocycles. The quantitative estimate of drug-likeness (QED) is 0.195. The fourth-order valence-corrected chi connectivity index (χ4v) is 7.06. The van der Waals surface area contributed by atoms with Gasteiger partial charge in [0.1, 0.15) is 11.2 Å². The van der Waals surface area contributed by atoms with Crippen molar-refractivity contribution >= 4 is 54.3 Å². The van der Waals surface area contributed by atoms with E-state index < -0.39 is 0 Å². The lowest BCUT2D eigenvalue weighted by molar-refractivity contribution is 0.669. The molecule has 4 heteroatoms. The summed E-state index contributed by atoms with van der Waals surface area (Å²) >= 11 is 0. The molecule has 0 saturated heterocycles. The highest BCUT2D eigenvalue weighted by Gasteiger charge is 2.20. The van der Waals surface area contributed by atoms with E-state index in [0.29, 0.717) is 17.5 Å². The third-order valence-corrected chi connectivity index (χ3v) is 9.47. The molecule has 0 bridgehead atoms. The van der Waals surface area contributed by atoms with Gasteiger partial charge < -0.3 is 4.42 Å². The molecule has 0 aliphatic carbocycles. The molecule has 0 unspecified atom stereocenters. The van der Waals surface area contributed by atoms with Gasteiger partial charge in [-0.3, -0.25) is 0 Å². The molecule has 0 spiro atoms. The third kappa shape index (κ3) is 4.65. The number of hydrogen-bond acceptors (Lipinski definition) is 4. The van der Waals surface area contributed by atoms with E-state index in [9.17, 15) is 0 Å². The van der Waals surface area contributed by atoms with Gasteiger partial charge in [0.25, 0.3) is 0 Å². The number of aromatic nitrogens is 3. The summed E-state index contributed by atoms with van der Waals surface area (Å²) in [6.07, 6.45) is 0. The van der Waals surface area contributed by atoms with E-state index >= 15 is 0 Å². The van der Waals surface area contributed by atoms with Crippen molar-refractivity contribution in [3.63, 3.8) is 0 Å². The molecular formula is C45H27N3O. The van der Waals surface area contributed by atoms with Gasteiger partial charge in [0.2, 0.25) is 0 Å². The Morgan fingerprint density at radius 2 is 0.714 bits per heavy atom. The van der Waals surface area contributed by atoms with E-state index in [0.717, 1.165) is 60.5 Å². The molecule has 0 aliphatic heterocycles. The average Bonchev–Trinajstić information content (AvgIpc) is 3.56. The lowest BCUT2D eigenvalue weighted by Crippen LogP contribution is -2.00. The molecule has 0 amide bonds. The normalized spacial score (nSPS) is 11.7. The van der Waals surface area contributed by atoms with Crippen molar-refractivity contribution in [1.82, 2.24) is 15.0 Å². The summed E-state index contributed by atoms with van der Waals surface area (Å²) in [6.45, 7) is 0. The van der Waals surface area contributed by atoms with Crippen LogP contribution < -0.4 is 0 Å². The highest BCUT2D eigenvalue weighted by atomic mass is 16.3. The maximum absolute atomic E-state index is 6.52. The lowest BCUT2D eigenvalue weighted by atomic mass is 9.95. The smallest absolute Gasteiger partial charge is 0.164 e. The van der Waals surface area contributed by atoms with Crippen LogP contribution in [0.5, 0.6) is 0 Å². The van der Waals surface area contributed by atoms with Crippen molar-refractivity contribution < 1.29 is 4.42 Å². The van der Waals surface area contributed by atoms with Gasteiger partial charge in [0.15, 0.2) is 17.5 Å². The molecule has 0 N–H and O–H groups in total. The molecule has 0 atom stereocenters. The van der Waals surface area contributed by atoms with Gasteiger partial charge in [-0.2, -0.15) is 0 Å². The van der Waals surface area contributed by atoms with Crippen molar-refractivity contribution in [3.05, 3.63) is 164 Å². The zero-order valence-corrected chi connectivity index (χ0v) is 26.3. The molecule has 0 aliphatic rings. The Bertz CT molecular complexity index is 2810. The molecule has 10 aromatic rings. The zero-order valence-electron chi connectivity index (χ0n) is 26.3. The first-order valence-electron chi connectivity index (χ1n) is 16.4. The maximum Gasteiger partial charge on any atom is 0.164 e. The van der Waals surface area contributed by atoms with E-state index in [2.05, 4.69) is 146 Å². The van der Waals surface area contributed by atoms with E-state index in [1.54, 1.807) is 0 Å². The molecule has 228 valence electrons. The highest BCUT2D eigenvalue weighted by Crippen LogP contribution is 2.42. The van der Waals surface area contributed by atoms with Crippen LogP contribution in [0, 0.1) is 0 Å². The molecular weight excluding hydrogens is 599 g/mol. The number of nitrogens with zero attached hydrogens (tertiary/aromatic N) is 3. The van der Waals surface area contributed by atoms with Gasteiger partial charge in [0, 0.05) is 27.5 Å². The van der Waals surface area contributed by atoms with Crippen molar-refractivity contribution in [2.45, 2.75) is 0 Å². The minimum Gasteiger partial charge on any atom is -0.456 e. The van der Waals surface area contributed by atoms with Gasteiger partial charge in [0.05, 0.1) is 0 Å². The Labute approximate surface area is 282 Å². The Kier molecular flexibility index (Phi) is 6.15. The van der Waals surface area contributed by atoms with Crippen molar-refractivity contribution in [3.8, 4) is 45.3 Å². The van der Waals surface area contributed by atoms with E-state index in [4.69, 9.17) is 19.4 Å². The summed E-state index contributed by atoms with van der Waals surface area (Å²) in [5.41, 5.74) is 6.62. The van der Waals surface area contributed by atoms with Crippen LogP contribution in [0.25, 0.3) is 99.5 Å². The molecule has 49 heavy (non-hydrogen) atoms. The summed E-state index contributed by atoms with van der Waals surface area (Å²) in [5, 5.41) is 9.06. The van der Waals surface area contributed by atoms with Crippen LogP contribution in [0.4, 0.5) is 0 Å². The van der Waals surface area contributed by atoms with Crippen LogP contribution >= 0.6 is 0 Å². The van der Waals surface area contributed by atoms with Crippen LogP contribution in [0.1, 0.15) is 0 Å². The summed E-state index contributed by atoms with van der Waals surface area (Å²) in [5.74, 6) is 1.85. The van der Waals surface area contributed by atoms with Crippen molar-refractivity contribution in [2.75, 3.05) is 0 Å². The molecule has 8 aromatic carbocycles. The summed E-state index contributed by atoms with van der Waals surface area (Å²) in [7, 11) is 0. The number of furan rings is 1. The molecule has 0 fully saturated rings. The predicted octanol–water partition coefficient (Wildman–Crippen LogP) is 11.9. The Morgan fingerprint density at radius 1 is 0.306 bits per heavy atom. The van der Waals surface area contributed by atoms with Crippen LogP contribution in [0.2, 0.25) is 0 Å². The van der Waals surface area contributed by atoms with Crippen LogP contribution in [-0.2, 0) is 0 Å². The SMILES string of the molecule is c1ccc2cc(-c3nc(-c4ccc5ccccc5c4)nc(-c4cccc5oc6cccc(-c7ccc8ccccc8c7)c6c45)n3)ccc2c1. The van der Waals surface area contributed by atoms with Crippen LogP contribution in [0.15, 0.2) is 168 Å². The topological polar surface area (TPSA) is 51.8 Å². The molecule has 2 heterocycles. The second kappa shape index (κ2) is 11.0. The Morgan fingerprint density at radius 3 is 1.24 bits per heavy atom. The minimum absolute atomic E-state index is 0.600. The maximum atomic E-state index is 6.52. The highest BCUT2D eigenvalue weighted by molar-refractivity contribution is 6.17. The fraction of sp³-hybridized carbons (Fsp3) is 0. The number of benzene rings is 8. The number of fused-ring (bicyclic) bond motifs is 6. The summed E-state index contributed by atoms with van der Waals surface area (Å²) in [4.78, 5) is 15.5. The van der Waals surface area contributed by atoms with E-state index in [-0.39, 0.29) is 0 Å². The lowest BCUT2D eigenvalue weighted by Gasteiger charge is -2.11.